The van der Waals surface area contributed by atoms with Crippen LogP contribution in [0.25, 0.3) is 0 Å². The lowest BCUT2D eigenvalue weighted by Gasteiger charge is -2.23. The van der Waals surface area contributed by atoms with Gasteiger partial charge in [0.15, 0.2) is 0 Å². The maximum Gasteiger partial charge on any atom is 0.331 e. The number of nitrogens with zero attached hydrogens (tertiary/aromatic N) is 3. The van der Waals surface area contributed by atoms with Crippen LogP contribution >= 0.6 is 11.8 Å². The number of urea groups is 1. The Labute approximate surface area is 192 Å². The lowest BCUT2D eigenvalue weighted by molar-refractivity contribution is -0.129. The summed E-state index contributed by atoms with van der Waals surface area (Å²) in [5, 5.41) is -0.0211. The van der Waals surface area contributed by atoms with Gasteiger partial charge in [-0.15, -0.1) is 11.8 Å². The van der Waals surface area contributed by atoms with Gasteiger partial charge in [0.05, 0.1) is 5.25 Å². The normalized spacial score (nSPS) is 22.2. The predicted octanol–water partition coefficient (Wildman–Crippen LogP) is 4.90. The molecule has 0 N–H and O–H groups in total. The average Bonchev–Trinajstić information content (AvgIpc) is 3.48. The van der Waals surface area contributed by atoms with Crippen molar-refractivity contribution in [2.75, 3.05) is 37.0 Å². The molecule has 0 saturated carbocycles. The summed E-state index contributed by atoms with van der Waals surface area (Å²) in [5.41, 5.74) is 3.98. The van der Waals surface area contributed by atoms with E-state index in [0.717, 1.165) is 22.5 Å². The number of carbonyl (C=O) groups is 2. The number of rotatable bonds is 5. The number of hydrogen-bond donors (Lipinski definition) is 0. The Morgan fingerprint density at radius 2 is 1.53 bits per heavy atom. The van der Waals surface area contributed by atoms with Crippen molar-refractivity contribution in [3.8, 4) is 0 Å². The first-order chi connectivity index (χ1) is 15.5. The molecule has 0 spiro atoms. The molecular weight excluding hydrogens is 418 g/mol. The Morgan fingerprint density at radius 3 is 2.16 bits per heavy atom. The fraction of sp³-hybridized carbons (Fsp3) is 0.231. The Balaban J connectivity index is 1.46. The number of thioether (sulfide) groups is 1. The molecule has 2 saturated heterocycles. The quantitative estimate of drug-likeness (QED) is 0.526. The second-order valence-electron chi connectivity index (χ2n) is 8.31. The van der Waals surface area contributed by atoms with Gasteiger partial charge >= 0.3 is 6.03 Å². The summed E-state index contributed by atoms with van der Waals surface area (Å²) in [5.74, 6) is -0.126. The van der Waals surface area contributed by atoms with Gasteiger partial charge in [0, 0.05) is 38.6 Å². The van der Waals surface area contributed by atoms with Crippen LogP contribution in [0.4, 0.5) is 16.2 Å². The third-order valence-electron chi connectivity index (χ3n) is 6.17. The van der Waals surface area contributed by atoms with E-state index in [9.17, 15) is 9.59 Å². The lowest BCUT2D eigenvalue weighted by atomic mass is 9.90. The highest BCUT2D eigenvalue weighted by Gasteiger charge is 2.65. The van der Waals surface area contributed by atoms with E-state index < -0.39 is 4.75 Å². The van der Waals surface area contributed by atoms with Gasteiger partial charge in [-0.05, 0) is 35.4 Å². The third-order valence-corrected chi connectivity index (χ3v) is 7.80. The smallest absolute Gasteiger partial charge is 0.331 e. The van der Waals surface area contributed by atoms with Crippen LogP contribution in [0.3, 0.4) is 0 Å². The molecule has 162 valence electrons. The van der Waals surface area contributed by atoms with E-state index in [1.54, 1.807) is 16.7 Å². The molecule has 0 radical (unpaired) electrons. The summed E-state index contributed by atoms with van der Waals surface area (Å²) in [4.78, 5) is 32.3. The van der Waals surface area contributed by atoms with Gasteiger partial charge in [-0.3, -0.25) is 14.6 Å². The van der Waals surface area contributed by atoms with Crippen LogP contribution < -0.4 is 9.80 Å². The molecule has 3 aromatic carbocycles. The van der Waals surface area contributed by atoms with Gasteiger partial charge in [0.25, 0.3) is 5.91 Å². The highest BCUT2D eigenvalue weighted by atomic mass is 32.2. The molecule has 3 amide bonds. The molecule has 0 aliphatic carbocycles. The maximum absolute atomic E-state index is 13.9. The van der Waals surface area contributed by atoms with E-state index in [1.807, 2.05) is 74.8 Å². The molecule has 2 aliphatic heterocycles. The van der Waals surface area contributed by atoms with E-state index in [-0.39, 0.29) is 17.2 Å². The van der Waals surface area contributed by atoms with E-state index in [0.29, 0.717) is 13.1 Å². The predicted molar refractivity (Wildman–Crippen MR) is 130 cm³/mol. The van der Waals surface area contributed by atoms with Crippen LogP contribution in [0.1, 0.15) is 16.4 Å². The van der Waals surface area contributed by atoms with Crippen LogP contribution in [-0.2, 0) is 9.54 Å². The summed E-state index contributed by atoms with van der Waals surface area (Å²) >= 11 is 1.62. The van der Waals surface area contributed by atoms with Crippen molar-refractivity contribution < 1.29 is 9.59 Å². The SMILES string of the molecule is CN(C)c1ccc([C@H]2S[C@@]2(C(=O)N2CCN(c3ccccc3)C2=O)c2ccccc2)cc1. The average molecular weight is 444 g/mol. The number of para-hydroxylation sites is 1. The number of carbonyl (C=O) groups excluding carboxylic acids is 2. The summed E-state index contributed by atoms with van der Waals surface area (Å²) in [7, 11) is 4.02. The highest BCUT2D eigenvalue weighted by molar-refractivity contribution is 8.08. The minimum Gasteiger partial charge on any atom is -0.378 e. The van der Waals surface area contributed by atoms with E-state index >= 15 is 0 Å². The molecule has 5 rings (SSSR count). The Bertz CT molecular complexity index is 1130. The molecule has 2 atom stereocenters. The van der Waals surface area contributed by atoms with Crippen LogP contribution in [0.2, 0.25) is 0 Å². The van der Waals surface area contributed by atoms with Gasteiger partial charge in [0.1, 0.15) is 4.75 Å². The van der Waals surface area contributed by atoms with Crippen molar-refractivity contribution >= 4 is 35.1 Å². The number of anilines is 2. The molecular formula is C26H25N3O2S. The van der Waals surface area contributed by atoms with Crippen molar-refractivity contribution in [2.24, 2.45) is 0 Å². The highest BCUT2D eigenvalue weighted by Crippen LogP contribution is 2.71. The summed E-state index contributed by atoms with van der Waals surface area (Å²) < 4.78 is -0.775. The van der Waals surface area contributed by atoms with Gasteiger partial charge in [0.2, 0.25) is 0 Å². The lowest BCUT2D eigenvalue weighted by Crippen LogP contribution is -2.42. The summed E-state index contributed by atoms with van der Waals surface area (Å²) in [6, 6.07) is 27.5. The van der Waals surface area contributed by atoms with Crippen molar-refractivity contribution in [2.45, 2.75) is 10.00 Å². The second-order valence-corrected chi connectivity index (χ2v) is 9.66. The number of imide groups is 1. The van der Waals surface area contributed by atoms with E-state index in [2.05, 4.69) is 29.2 Å². The Kier molecular flexibility index (Phi) is 5.18. The molecule has 6 heteroatoms. The number of hydrogen-bond acceptors (Lipinski definition) is 4. The molecule has 5 nitrogen and oxygen atoms in total. The first-order valence-corrected chi connectivity index (χ1v) is 11.6. The van der Waals surface area contributed by atoms with Crippen molar-refractivity contribution in [1.82, 2.24) is 4.90 Å². The fourth-order valence-corrected chi connectivity index (χ4v) is 5.82. The van der Waals surface area contributed by atoms with Crippen molar-refractivity contribution in [1.29, 1.82) is 0 Å². The Hall–Kier alpha value is -3.25. The van der Waals surface area contributed by atoms with Crippen molar-refractivity contribution in [3.63, 3.8) is 0 Å². The van der Waals surface area contributed by atoms with Gasteiger partial charge < -0.3 is 4.90 Å². The molecule has 0 aromatic heterocycles. The standard InChI is InChI=1S/C26H25N3O2S/c1-27(2)21-15-13-19(14-16-21)23-26(32-23,20-9-5-3-6-10-20)24(30)29-18-17-28(25(29)31)22-11-7-4-8-12-22/h3-16,23H,17-18H2,1-2H3/t23-,26+/m1/s1. The maximum atomic E-state index is 13.9. The molecule has 2 fully saturated rings. The monoisotopic (exact) mass is 443 g/mol. The van der Waals surface area contributed by atoms with Gasteiger partial charge in [-0.2, -0.15) is 0 Å². The molecule has 0 bridgehead atoms. The minimum atomic E-state index is -0.775. The zero-order chi connectivity index (χ0) is 22.3. The zero-order valence-electron chi connectivity index (χ0n) is 18.1. The largest absolute Gasteiger partial charge is 0.378 e. The molecule has 2 aliphatic rings. The molecule has 3 aromatic rings. The third kappa shape index (κ3) is 3.35. The first-order valence-electron chi connectivity index (χ1n) is 10.7. The molecule has 2 heterocycles. The Morgan fingerprint density at radius 1 is 0.906 bits per heavy atom. The van der Waals surface area contributed by atoms with Gasteiger partial charge in [-0.1, -0.05) is 60.7 Å². The number of benzene rings is 3. The second kappa shape index (κ2) is 8.02. The van der Waals surface area contributed by atoms with E-state index in [1.165, 1.54) is 4.90 Å². The van der Waals surface area contributed by atoms with E-state index in [4.69, 9.17) is 0 Å². The molecule has 0 unspecified atom stereocenters. The number of amides is 3. The summed E-state index contributed by atoms with van der Waals surface area (Å²) in [6.45, 7) is 0.903. The summed E-state index contributed by atoms with van der Waals surface area (Å²) in [6.07, 6.45) is 0. The van der Waals surface area contributed by atoms with Crippen LogP contribution in [-0.4, -0.2) is 44.0 Å². The van der Waals surface area contributed by atoms with Crippen LogP contribution in [0, 0.1) is 0 Å². The first kappa shape index (κ1) is 20.6. The topological polar surface area (TPSA) is 43.9 Å². The fourth-order valence-electron chi connectivity index (χ4n) is 4.37. The van der Waals surface area contributed by atoms with Crippen LogP contribution in [0.15, 0.2) is 84.9 Å². The molecule has 32 heavy (non-hydrogen) atoms. The van der Waals surface area contributed by atoms with Crippen molar-refractivity contribution in [3.05, 3.63) is 96.1 Å². The van der Waals surface area contributed by atoms with Gasteiger partial charge in [-0.25, -0.2) is 4.79 Å². The minimum absolute atomic E-state index is 0.0211. The van der Waals surface area contributed by atoms with Crippen LogP contribution in [0.5, 0.6) is 0 Å². The zero-order valence-corrected chi connectivity index (χ0v) is 19.0.